The van der Waals surface area contributed by atoms with E-state index in [-0.39, 0.29) is 17.9 Å². The van der Waals surface area contributed by atoms with Crippen molar-refractivity contribution in [3.8, 4) is 5.75 Å². The molecule has 1 aliphatic carbocycles. The van der Waals surface area contributed by atoms with Crippen molar-refractivity contribution in [1.29, 1.82) is 0 Å². The number of nitrogens with zero attached hydrogens (tertiary/aromatic N) is 1. The number of nitrogens with one attached hydrogen (secondary N) is 1. The summed E-state index contributed by atoms with van der Waals surface area (Å²) >= 11 is 0. The number of hydrogen-bond acceptors (Lipinski definition) is 5. The highest BCUT2D eigenvalue weighted by molar-refractivity contribution is 5.43. The highest BCUT2D eigenvalue weighted by atomic mass is 16.6. The van der Waals surface area contributed by atoms with Crippen LogP contribution in [0.5, 0.6) is 5.75 Å². The van der Waals surface area contributed by atoms with Crippen LogP contribution in [-0.4, -0.2) is 36.8 Å². The number of rotatable bonds is 6. The van der Waals surface area contributed by atoms with E-state index >= 15 is 0 Å². The first-order valence-corrected chi connectivity index (χ1v) is 6.77. The van der Waals surface area contributed by atoms with Gasteiger partial charge in [-0.1, -0.05) is 0 Å². The molecule has 1 N–H and O–H groups in total. The summed E-state index contributed by atoms with van der Waals surface area (Å²) in [5.41, 5.74) is 0.847. The van der Waals surface area contributed by atoms with Crippen LogP contribution in [0.15, 0.2) is 18.2 Å². The van der Waals surface area contributed by atoms with Crippen LogP contribution in [0.1, 0.15) is 18.9 Å². The highest BCUT2D eigenvalue weighted by Crippen LogP contribution is 2.31. The van der Waals surface area contributed by atoms with Crippen LogP contribution < -0.4 is 10.1 Å². The molecule has 6 nitrogen and oxygen atoms in total. The predicted molar refractivity (Wildman–Crippen MR) is 75.1 cm³/mol. The fourth-order valence-electron chi connectivity index (χ4n) is 2.44. The van der Waals surface area contributed by atoms with E-state index in [0.717, 1.165) is 12.0 Å². The first-order valence-electron chi connectivity index (χ1n) is 6.77. The molecule has 0 heterocycles. The molecule has 1 saturated carbocycles. The summed E-state index contributed by atoms with van der Waals surface area (Å²) in [5.74, 6) is 0.680. The van der Waals surface area contributed by atoms with Crippen LogP contribution >= 0.6 is 0 Å². The average Bonchev–Trinajstić information content (AvgIpc) is 2.41. The number of non-ortho nitro benzene ring substituents is 1. The average molecular weight is 280 g/mol. The maximum absolute atomic E-state index is 10.7. The van der Waals surface area contributed by atoms with Gasteiger partial charge in [0.2, 0.25) is 0 Å². The molecule has 1 aromatic rings. The van der Waals surface area contributed by atoms with E-state index in [1.54, 1.807) is 6.07 Å². The lowest BCUT2D eigenvalue weighted by molar-refractivity contribution is -0.384. The van der Waals surface area contributed by atoms with Gasteiger partial charge in [0, 0.05) is 31.2 Å². The van der Waals surface area contributed by atoms with Gasteiger partial charge >= 0.3 is 0 Å². The van der Waals surface area contributed by atoms with Gasteiger partial charge in [0.15, 0.2) is 0 Å². The summed E-state index contributed by atoms with van der Waals surface area (Å²) in [6.45, 7) is 4.41. The van der Waals surface area contributed by atoms with Crippen molar-refractivity contribution < 1.29 is 14.4 Å². The Morgan fingerprint density at radius 1 is 1.50 bits per heavy atom. The standard InChI is InChI=1S/C14H20N2O4/c1-4-19-14-11(15-3)8-13(14)20-12-6-5-10(16(17)18)7-9(12)2/h5-7,11,13-15H,4,8H2,1-3H3. The first-order chi connectivity index (χ1) is 9.56. The fraction of sp³-hybridized carbons (Fsp3) is 0.571. The molecule has 3 unspecified atom stereocenters. The van der Waals surface area contributed by atoms with E-state index in [4.69, 9.17) is 9.47 Å². The Kier molecular flexibility index (Phi) is 4.57. The lowest BCUT2D eigenvalue weighted by Gasteiger charge is -2.43. The van der Waals surface area contributed by atoms with Crippen LogP contribution in [0.4, 0.5) is 5.69 Å². The molecule has 20 heavy (non-hydrogen) atoms. The zero-order valence-electron chi connectivity index (χ0n) is 12.0. The SMILES string of the molecule is CCOC1C(NC)CC1Oc1ccc([N+](=O)[O-])cc1C. The van der Waals surface area contributed by atoms with Gasteiger partial charge < -0.3 is 14.8 Å². The molecular weight excluding hydrogens is 260 g/mol. The summed E-state index contributed by atoms with van der Waals surface area (Å²) in [7, 11) is 1.91. The predicted octanol–water partition coefficient (Wildman–Crippen LogP) is 2.05. The number of ether oxygens (including phenoxy) is 2. The number of hydrogen-bond donors (Lipinski definition) is 1. The summed E-state index contributed by atoms with van der Waals surface area (Å²) in [4.78, 5) is 10.3. The summed E-state index contributed by atoms with van der Waals surface area (Å²) < 4.78 is 11.6. The minimum atomic E-state index is -0.403. The Morgan fingerprint density at radius 3 is 2.80 bits per heavy atom. The molecule has 0 bridgehead atoms. The topological polar surface area (TPSA) is 73.6 Å². The third-order valence-corrected chi connectivity index (χ3v) is 3.63. The van der Waals surface area contributed by atoms with Gasteiger partial charge in [-0.2, -0.15) is 0 Å². The van der Waals surface area contributed by atoms with Crippen molar-refractivity contribution in [2.24, 2.45) is 0 Å². The van der Waals surface area contributed by atoms with Crippen molar-refractivity contribution >= 4 is 5.69 Å². The molecule has 1 fully saturated rings. The van der Waals surface area contributed by atoms with Crippen molar-refractivity contribution in [3.05, 3.63) is 33.9 Å². The molecule has 0 aliphatic heterocycles. The Labute approximate surface area is 118 Å². The lowest BCUT2D eigenvalue weighted by Crippen LogP contribution is -2.60. The van der Waals surface area contributed by atoms with E-state index in [2.05, 4.69) is 5.32 Å². The van der Waals surface area contributed by atoms with Crippen molar-refractivity contribution in [1.82, 2.24) is 5.32 Å². The third-order valence-electron chi connectivity index (χ3n) is 3.63. The monoisotopic (exact) mass is 280 g/mol. The number of benzene rings is 1. The summed E-state index contributed by atoms with van der Waals surface area (Å²) in [6.07, 6.45) is 0.893. The number of likely N-dealkylation sites (N-methyl/N-ethyl adjacent to an activating group) is 1. The molecule has 3 atom stereocenters. The van der Waals surface area contributed by atoms with E-state index in [9.17, 15) is 10.1 Å². The zero-order chi connectivity index (χ0) is 14.7. The highest BCUT2D eigenvalue weighted by Gasteiger charge is 2.43. The molecule has 0 amide bonds. The van der Waals surface area contributed by atoms with Crippen LogP contribution in [0.3, 0.4) is 0 Å². The van der Waals surface area contributed by atoms with Crippen molar-refractivity contribution in [2.75, 3.05) is 13.7 Å². The van der Waals surface area contributed by atoms with Crippen molar-refractivity contribution in [3.63, 3.8) is 0 Å². The molecular formula is C14H20N2O4. The fourth-order valence-corrected chi connectivity index (χ4v) is 2.44. The van der Waals surface area contributed by atoms with Gasteiger partial charge in [0.05, 0.1) is 4.92 Å². The number of aryl methyl sites for hydroxylation is 1. The molecule has 0 aromatic heterocycles. The third kappa shape index (κ3) is 2.91. The minimum absolute atomic E-state index is 0.00689. The van der Waals surface area contributed by atoms with Crippen LogP contribution in [0, 0.1) is 17.0 Å². The molecule has 0 spiro atoms. The van der Waals surface area contributed by atoms with Gasteiger partial charge in [-0.25, -0.2) is 0 Å². The second kappa shape index (κ2) is 6.19. The molecule has 0 radical (unpaired) electrons. The van der Waals surface area contributed by atoms with E-state index < -0.39 is 4.92 Å². The van der Waals surface area contributed by atoms with Crippen LogP contribution in [0.2, 0.25) is 0 Å². The normalized spacial score (nSPS) is 25.1. The number of nitro groups is 1. The summed E-state index contributed by atoms with van der Waals surface area (Å²) in [5, 5.41) is 13.9. The van der Waals surface area contributed by atoms with E-state index in [1.807, 2.05) is 20.9 Å². The first kappa shape index (κ1) is 14.7. The smallest absolute Gasteiger partial charge is 0.269 e. The van der Waals surface area contributed by atoms with Crippen LogP contribution in [0.25, 0.3) is 0 Å². The Hall–Kier alpha value is -1.66. The molecule has 110 valence electrons. The second-order valence-electron chi connectivity index (χ2n) is 4.91. The Bertz CT molecular complexity index is 492. The van der Waals surface area contributed by atoms with Gasteiger partial charge in [-0.15, -0.1) is 0 Å². The minimum Gasteiger partial charge on any atom is -0.487 e. The molecule has 1 aliphatic rings. The molecule has 6 heteroatoms. The molecule has 2 rings (SSSR count). The Balaban J connectivity index is 2.05. The molecule has 0 saturated heterocycles. The van der Waals surface area contributed by atoms with E-state index in [0.29, 0.717) is 18.4 Å². The largest absolute Gasteiger partial charge is 0.487 e. The lowest BCUT2D eigenvalue weighted by atomic mass is 9.85. The zero-order valence-corrected chi connectivity index (χ0v) is 12.0. The molecule has 1 aromatic carbocycles. The van der Waals surface area contributed by atoms with Gasteiger partial charge in [0.25, 0.3) is 5.69 Å². The van der Waals surface area contributed by atoms with E-state index in [1.165, 1.54) is 12.1 Å². The second-order valence-corrected chi connectivity index (χ2v) is 4.91. The maximum atomic E-state index is 10.7. The number of nitro benzene ring substituents is 1. The van der Waals surface area contributed by atoms with Gasteiger partial charge in [-0.3, -0.25) is 10.1 Å². The van der Waals surface area contributed by atoms with Gasteiger partial charge in [0.1, 0.15) is 18.0 Å². The summed E-state index contributed by atoms with van der Waals surface area (Å²) in [6, 6.07) is 4.95. The van der Waals surface area contributed by atoms with Gasteiger partial charge in [-0.05, 0) is 32.5 Å². The van der Waals surface area contributed by atoms with Crippen molar-refractivity contribution in [2.45, 2.75) is 38.5 Å². The van der Waals surface area contributed by atoms with Crippen LogP contribution in [-0.2, 0) is 4.74 Å². The Morgan fingerprint density at radius 2 is 2.25 bits per heavy atom. The quantitative estimate of drug-likeness (QED) is 0.637. The maximum Gasteiger partial charge on any atom is 0.269 e.